The highest BCUT2D eigenvalue weighted by Gasteiger charge is 2.13. The zero-order valence-corrected chi connectivity index (χ0v) is 12.0. The molecule has 0 spiro atoms. The molecule has 0 aliphatic carbocycles. The maximum atomic E-state index is 9.56. The van der Waals surface area contributed by atoms with Crippen molar-refractivity contribution in [3.8, 4) is 17.1 Å². The van der Waals surface area contributed by atoms with Gasteiger partial charge >= 0.3 is 0 Å². The number of fused-ring (bicyclic) bond motifs is 1. The Labute approximate surface area is 118 Å². The van der Waals surface area contributed by atoms with Crippen LogP contribution in [-0.4, -0.2) is 5.11 Å². The first-order valence-corrected chi connectivity index (χ1v) is 6.88. The second-order valence-corrected chi connectivity index (χ2v) is 5.52. The van der Waals surface area contributed by atoms with Crippen LogP contribution in [0.4, 0.5) is 0 Å². The number of aromatic hydroxyl groups is 1. The molecule has 3 aromatic rings. The Hall–Kier alpha value is -2.22. The molecule has 0 amide bonds. The molecule has 1 heterocycles. The van der Waals surface area contributed by atoms with Crippen molar-refractivity contribution in [1.29, 1.82) is 0 Å². The molecule has 1 N–H and O–H groups in total. The average Bonchev–Trinajstić information content (AvgIpc) is 2.75. The molecule has 0 fully saturated rings. The van der Waals surface area contributed by atoms with Gasteiger partial charge < -0.3 is 9.52 Å². The summed E-state index contributed by atoms with van der Waals surface area (Å²) in [5, 5.41) is 10.6. The lowest BCUT2D eigenvalue weighted by atomic mass is 9.98. The summed E-state index contributed by atoms with van der Waals surface area (Å²) < 4.78 is 5.94. The minimum absolute atomic E-state index is 0.230. The van der Waals surface area contributed by atoms with E-state index >= 15 is 0 Å². The lowest BCUT2D eigenvalue weighted by molar-refractivity contribution is 0.474. The molecular weight excluding hydrogens is 248 g/mol. The van der Waals surface area contributed by atoms with E-state index in [1.807, 2.05) is 6.07 Å². The predicted octanol–water partition coefficient (Wildman–Crippen LogP) is 5.24. The van der Waals surface area contributed by atoms with E-state index in [-0.39, 0.29) is 5.75 Å². The maximum absolute atomic E-state index is 9.56. The normalized spacial score (nSPS) is 11.4. The van der Waals surface area contributed by atoms with Crippen LogP contribution in [0.3, 0.4) is 0 Å². The molecule has 0 radical (unpaired) electrons. The van der Waals surface area contributed by atoms with Crippen molar-refractivity contribution >= 4 is 11.0 Å². The van der Waals surface area contributed by atoms with E-state index in [4.69, 9.17) is 4.42 Å². The molecule has 102 valence electrons. The Morgan fingerprint density at radius 2 is 1.85 bits per heavy atom. The number of phenolic OH excluding ortho intramolecular Hbond substituents is 1. The summed E-state index contributed by atoms with van der Waals surface area (Å²) in [5.74, 6) is 1.60. The fourth-order valence-corrected chi connectivity index (χ4v) is 2.53. The Morgan fingerprint density at radius 1 is 1.05 bits per heavy atom. The first-order valence-electron chi connectivity index (χ1n) is 6.88. The van der Waals surface area contributed by atoms with Gasteiger partial charge in [-0.3, -0.25) is 0 Å². The van der Waals surface area contributed by atoms with E-state index in [0.717, 1.165) is 27.9 Å². The van der Waals surface area contributed by atoms with E-state index in [1.165, 1.54) is 5.56 Å². The predicted molar refractivity (Wildman–Crippen MR) is 82.1 cm³/mol. The van der Waals surface area contributed by atoms with Crippen LogP contribution in [-0.2, 0) is 0 Å². The van der Waals surface area contributed by atoms with E-state index in [0.29, 0.717) is 5.92 Å². The summed E-state index contributed by atoms with van der Waals surface area (Å²) in [4.78, 5) is 0. The summed E-state index contributed by atoms with van der Waals surface area (Å²) in [7, 11) is 0. The van der Waals surface area contributed by atoms with Crippen LogP contribution in [0, 0.1) is 6.92 Å². The van der Waals surface area contributed by atoms with Crippen molar-refractivity contribution in [1.82, 2.24) is 0 Å². The van der Waals surface area contributed by atoms with Crippen LogP contribution >= 0.6 is 0 Å². The quantitative estimate of drug-likeness (QED) is 0.688. The van der Waals surface area contributed by atoms with Crippen LogP contribution in [0.2, 0.25) is 0 Å². The van der Waals surface area contributed by atoms with E-state index < -0.39 is 0 Å². The first kappa shape index (κ1) is 12.8. The molecule has 20 heavy (non-hydrogen) atoms. The highest BCUT2D eigenvalue weighted by Crippen LogP contribution is 2.35. The molecule has 0 bridgehead atoms. The van der Waals surface area contributed by atoms with Gasteiger partial charge in [-0.15, -0.1) is 0 Å². The molecule has 0 unspecified atom stereocenters. The zero-order chi connectivity index (χ0) is 14.3. The largest absolute Gasteiger partial charge is 0.508 e. The lowest BCUT2D eigenvalue weighted by Gasteiger charge is -2.07. The van der Waals surface area contributed by atoms with Crippen LogP contribution in [0.25, 0.3) is 22.3 Å². The summed E-state index contributed by atoms with van der Waals surface area (Å²) in [5.41, 5.74) is 4.22. The molecule has 0 aliphatic heterocycles. The molecule has 2 aromatic carbocycles. The van der Waals surface area contributed by atoms with Crippen LogP contribution in [0.1, 0.15) is 30.9 Å². The highest BCUT2D eigenvalue weighted by molar-refractivity contribution is 5.88. The standard InChI is InChI=1S/C18H18O2/c1-11(2)13-5-4-6-14(9-13)18-12(3)16-8-7-15(19)10-17(16)20-18/h4-11,19H,1-3H3. The molecule has 2 nitrogen and oxygen atoms in total. The van der Waals surface area contributed by atoms with Gasteiger partial charge in [0.05, 0.1) is 0 Å². The first-order chi connectivity index (χ1) is 9.56. The van der Waals surface area contributed by atoms with Gasteiger partial charge in [0.2, 0.25) is 0 Å². The van der Waals surface area contributed by atoms with Gasteiger partial charge in [-0.2, -0.15) is 0 Å². The number of furan rings is 1. The number of hydrogen-bond donors (Lipinski definition) is 1. The molecule has 1 aromatic heterocycles. The average molecular weight is 266 g/mol. The lowest BCUT2D eigenvalue weighted by Crippen LogP contribution is -1.87. The van der Waals surface area contributed by atoms with E-state index in [2.05, 4.69) is 45.0 Å². The summed E-state index contributed by atoms with van der Waals surface area (Å²) in [6.07, 6.45) is 0. The second-order valence-electron chi connectivity index (χ2n) is 5.52. The van der Waals surface area contributed by atoms with Crippen LogP contribution in [0.5, 0.6) is 5.75 Å². The van der Waals surface area contributed by atoms with Gasteiger partial charge in [0.1, 0.15) is 17.1 Å². The van der Waals surface area contributed by atoms with Crippen LogP contribution < -0.4 is 0 Å². The Bertz CT molecular complexity index is 766. The molecule has 2 heteroatoms. The number of phenols is 1. The number of aryl methyl sites for hydroxylation is 1. The van der Waals surface area contributed by atoms with E-state index in [9.17, 15) is 5.11 Å². The summed E-state index contributed by atoms with van der Waals surface area (Å²) in [6.45, 7) is 6.42. The van der Waals surface area contributed by atoms with Crippen LogP contribution in [0.15, 0.2) is 46.9 Å². The van der Waals surface area contributed by atoms with Gasteiger partial charge in [-0.05, 0) is 36.6 Å². The van der Waals surface area contributed by atoms with Crippen molar-refractivity contribution < 1.29 is 9.52 Å². The van der Waals surface area contributed by atoms with Gasteiger partial charge in [0.25, 0.3) is 0 Å². The minimum atomic E-state index is 0.230. The van der Waals surface area contributed by atoms with Crippen molar-refractivity contribution in [2.45, 2.75) is 26.7 Å². The molecule has 0 saturated carbocycles. The minimum Gasteiger partial charge on any atom is -0.508 e. The molecule has 0 atom stereocenters. The number of benzene rings is 2. The topological polar surface area (TPSA) is 33.4 Å². The second kappa shape index (κ2) is 4.71. The molecule has 0 saturated heterocycles. The Morgan fingerprint density at radius 3 is 2.60 bits per heavy atom. The fraction of sp³-hybridized carbons (Fsp3) is 0.222. The molecular formula is C18H18O2. The zero-order valence-electron chi connectivity index (χ0n) is 12.0. The third-order valence-electron chi connectivity index (χ3n) is 3.74. The van der Waals surface area contributed by atoms with Crippen molar-refractivity contribution in [2.75, 3.05) is 0 Å². The van der Waals surface area contributed by atoms with Crippen molar-refractivity contribution in [3.63, 3.8) is 0 Å². The fourth-order valence-electron chi connectivity index (χ4n) is 2.53. The van der Waals surface area contributed by atoms with Crippen molar-refractivity contribution in [2.24, 2.45) is 0 Å². The summed E-state index contributed by atoms with van der Waals surface area (Å²) in [6, 6.07) is 13.7. The smallest absolute Gasteiger partial charge is 0.138 e. The van der Waals surface area contributed by atoms with Crippen molar-refractivity contribution in [3.05, 3.63) is 53.6 Å². The maximum Gasteiger partial charge on any atom is 0.138 e. The molecule has 0 aliphatic rings. The number of hydrogen-bond acceptors (Lipinski definition) is 2. The van der Waals surface area contributed by atoms with Gasteiger partial charge in [0.15, 0.2) is 0 Å². The highest BCUT2D eigenvalue weighted by atomic mass is 16.3. The summed E-state index contributed by atoms with van der Waals surface area (Å²) >= 11 is 0. The van der Waals surface area contributed by atoms with Gasteiger partial charge in [0, 0.05) is 22.6 Å². The SMILES string of the molecule is Cc1c(-c2cccc(C(C)C)c2)oc2cc(O)ccc12. The molecule has 3 rings (SSSR count). The van der Waals surface area contributed by atoms with Gasteiger partial charge in [-0.1, -0.05) is 32.0 Å². The van der Waals surface area contributed by atoms with Gasteiger partial charge in [-0.25, -0.2) is 0 Å². The monoisotopic (exact) mass is 266 g/mol. The number of rotatable bonds is 2. The Kier molecular flexibility index (Phi) is 3.01. The Balaban J connectivity index is 2.19. The van der Waals surface area contributed by atoms with E-state index in [1.54, 1.807) is 12.1 Å². The third kappa shape index (κ3) is 2.07. The third-order valence-corrected chi connectivity index (χ3v) is 3.74.